The first-order valence-electron chi connectivity index (χ1n) is 5.82. The fourth-order valence-electron chi connectivity index (χ4n) is 1.92. The molecule has 0 fully saturated rings. The topological polar surface area (TPSA) is 66.8 Å². The molecule has 0 aromatic heterocycles. The average Bonchev–Trinajstić information content (AvgIpc) is 2.24. The molecule has 0 bridgehead atoms. The number of ether oxygens (including phenoxy) is 1. The Kier molecular flexibility index (Phi) is 4.34. The molecule has 1 rings (SSSR count). The van der Waals surface area contributed by atoms with Crippen molar-refractivity contribution in [2.24, 2.45) is 0 Å². The van der Waals surface area contributed by atoms with Crippen LogP contribution in [0.2, 0.25) is 0 Å². The van der Waals surface area contributed by atoms with Gasteiger partial charge >= 0.3 is 6.16 Å². The van der Waals surface area contributed by atoms with E-state index in [1.54, 1.807) is 27.7 Å². The highest BCUT2D eigenvalue weighted by molar-refractivity contribution is 5.66. The first kappa shape index (κ1) is 15.2. The molecular weight excluding hydrogens is 258 g/mol. The zero-order valence-electron chi connectivity index (χ0n) is 11.1. The van der Waals surface area contributed by atoms with E-state index in [1.807, 2.05) is 0 Å². The SMILES string of the molecule is CC(C)c1c(O)c(OC(=O)O)c(C(C)C)c(F)c1F. The molecule has 6 heteroatoms. The van der Waals surface area contributed by atoms with Crippen LogP contribution >= 0.6 is 0 Å². The second kappa shape index (κ2) is 5.42. The van der Waals surface area contributed by atoms with Gasteiger partial charge in [0.1, 0.15) is 0 Å². The van der Waals surface area contributed by atoms with Gasteiger partial charge in [-0.25, -0.2) is 13.6 Å². The number of carboxylic acid groups (broad SMARTS) is 1. The van der Waals surface area contributed by atoms with Crippen molar-refractivity contribution in [3.8, 4) is 11.5 Å². The molecule has 1 aromatic rings. The third-order valence-corrected chi connectivity index (χ3v) is 2.72. The van der Waals surface area contributed by atoms with E-state index in [0.29, 0.717) is 0 Å². The van der Waals surface area contributed by atoms with Crippen LogP contribution in [0.4, 0.5) is 13.6 Å². The van der Waals surface area contributed by atoms with Crippen molar-refractivity contribution < 1.29 is 28.5 Å². The third kappa shape index (κ3) is 2.77. The average molecular weight is 274 g/mol. The van der Waals surface area contributed by atoms with Crippen LogP contribution in [0.15, 0.2) is 0 Å². The number of hydrogen-bond acceptors (Lipinski definition) is 3. The predicted octanol–water partition coefficient (Wildman–Crippen LogP) is 3.97. The molecule has 0 heterocycles. The normalized spacial score (nSPS) is 11.2. The molecular formula is C13H16F2O4. The van der Waals surface area contributed by atoms with Crippen molar-refractivity contribution in [3.05, 3.63) is 22.8 Å². The van der Waals surface area contributed by atoms with Crippen molar-refractivity contribution in [1.29, 1.82) is 0 Å². The van der Waals surface area contributed by atoms with Gasteiger partial charge in [-0.1, -0.05) is 27.7 Å². The Bertz CT molecular complexity index is 510. The smallest absolute Gasteiger partial charge is 0.504 e. The lowest BCUT2D eigenvalue weighted by Crippen LogP contribution is -2.11. The molecule has 4 nitrogen and oxygen atoms in total. The maximum Gasteiger partial charge on any atom is 0.511 e. The van der Waals surface area contributed by atoms with Crippen LogP contribution in [0.5, 0.6) is 11.5 Å². The van der Waals surface area contributed by atoms with Crippen LogP contribution < -0.4 is 4.74 Å². The van der Waals surface area contributed by atoms with Crippen LogP contribution in [-0.4, -0.2) is 16.4 Å². The van der Waals surface area contributed by atoms with E-state index >= 15 is 0 Å². The summed E-state index contributed by atoms with van der Waals surface area (Å²) in [5, 5.41) is 18.6. The van der Waals surface area contributed by atoms with Crippen LogP contribution in [0, 0.1) is 11.6 Å². The summed E-state index contributed by atoms with van der Waals surface area (Å²) < 4.78 is 32.3. The molecule has 106 valence electrons. The third-order valence-electron chi connectivity index (χ3n) is 2.72. The van der Waals surface area contributed by atoms with Gasteiger partial charge < -0.3 is 14.9 Å². The summed E-state index contributed by atoms with van der Waals surface area (Å²) in [5.41, 5.74) is -0.583. The summed E-state index contributed by atoms with van der Waals surface area (Å²) in [6, 6.07) is 0. The largest absolute Gasteiger partial charge is 0.511 e. The van der Waals surface area contributed by atoms with E-state index in [1.165, 1.54) is 0 Å². The summed E-state index contributed by atoms with van der Waals surface area (Å²) in [6.07, 6.45) is -1.70. The molecule has 1 aromatic carbocycles. The number of carbonyl (C=O) groups is 1. The molecule has 0 amide bonds. The van der Waals surface area contributed by atoms with Crippen LogP contribution in [-0.2, 0) is 0 Å². The Morgan fingerprint density at radius 1 is 1.05 bits per heavy atom. The molecule has 0 radical (unpaired) electrons. The van der Waals surface area contributed by atoms with E-state index in [4.69, 9.17) is 5.11 Å². The number of aromatic hydroxyl groups is 1. The molecule has 2 N–H and O–H groups in total. The van der Waals surface area contributed by atoms with Crippen molar-refractivity contribution in [2.75, 3.05) is 0 Å². The number of hydrogen-bond donors (Lipinski definition) is 2. The lowest BCUT2D eigenvalue weighted by molar-refractivity contribution is 0.141. The van der Waals surface area contributed by atoms with Gasteiger partial charge in [0, 0.05) is 11.1 Å². The summed E-state index contributed by atoms with van der Waals surface area (Å²) in [6.45, 7) is 6.19. The van der Waals surface area contributed by atoms with E-state index in [9.17, 15) is 18.7 Å². The Morgan fingerprint density at radius 3 is 1.84 bits per heavy atom. The Labute approximate surface area is 109 Å². The highest BCUT2D eigenvalue weighted by Gasteiger charge is 2.29. The van der Waals surface area contributed by atoms with E-state index in [2.05, 4.69) is 4.74 Å². The van der Waals surface area contributed by atoms with Gasteiger partial charge in [0.05, 0.1) is 0 Å². The quantitative estimate of drug-likeness (QED) is 0.646. The fourth-order valence-corrected chi connectivity index (χ4v) is 1.92. The van der Waals surface area contributed by atoms with Gasteiger partial charge in [0.2, 0.25) is 0 Å². The van der Waals surface area contributed by atoms with Crippen LogP contribution in [0.3, 0.4) is 0 Å². The van der Waals surface area contributed by atoms with E-state index in [-0.39, 0.29) is 11.1 Å². The maximum atomic E-state index is 14.0. The zero-order chi connectivity index (χ0) is 14.9. The minimum atomic E-state index is -1.70. The Hall–Kier alpha value is -1.85. The lowest BCUT2D eigenvalue weighted by atomic mass is 9.93. The highest BCUT2D eigenvalue weighted by Crippen LogP contribution is 2.44. The van der Waals surface area contributed by atoms with Crippen molar-refractivity contribution in [2.45, 2.75) is 39.5 Å². The van der Waals surface area contributed by atoms with E-state index in [0.717, 1.165) is 0 Å². The van der Waals surface area contributed by atoms with Crippen LogP contribution in [0.1, 0.15) is 50.7 Å². The second-order valence-electron chi connectivity index (χ2n) is 4.81. The molecule has 0 unspecified atom stereocenters. The molecule has 0 saturated carbocycles. The standard InChI is InChI=1S/C13H16F2O4/c1-5(2)7-9(14)10(15)8(6(3)4)12(11(7)16)19-13(17)18/h5-6,16H,1-4H3,(H,17,18). The van der Waals surface area contributed by atoms with Crippen molar-refractivity contribution in [1.82, 2.24) is 0 Å². The van der Waals surface area contributed by atoms with Crippen LogP contribution in [0.25, 0.3) is 0 Å². The molecule has 0 spiro atoms. The number of phenolic OH excluding ortho intramolecular Hbond substituents is 1. The molecule has 0 aliphatic rings. The van der Waals surface area contributed by atoms with Crippen molar-refractivity contribution >= 4 is 6.16 Å². The summed E-state index contributed by atoms with van der Waals surface area (Å²) in [4.78, 5) is 10.6. The maximum absolute atomic E-state index is 14.0. The lowest BCUT2D eigenvalue weighted by Gasteiger charge is -2.19. The van der Waals surface area contributed by atoms with Gasteiger partial charge in [-0.05, 0) is 11.8 Å². The van der Waals surface area contributed by atoms with Gasteiger partial charge in [-0.2, -0.15) is 0 Å². The first-order valence-corrected chi connectivity index (χ1v) is 5.82. The number of benzene rings is 1. The number of rotatable bonds is 3. The van der Waals surface area contributed by atoms with Gasteiger partial charge in [0.25, 0.3) is 0 Å². The number of phenols is 1. The monoisotopic (exact) mass is 274 g/mol. The summed E-state index contributed by atoms with van der Waals surface area (Å²) in [7, 11) is 0. The highest BCUT2D eigenvalue weighted by atomic mass is 19.2. The minimum absolute atomic E-state index is 0.290. The zero-order valence-corrected chi connectivity index (χ0v) is 11.1. The van der Waals surface area contributed by atoms with E-state index < -0.39 is 41.1 Å². The Morgan fingerprint density at radius 2 is 1.47 bits per heavy atom. The summed E-state index contributed by atoms with van der Waals surface area (Å²) >= 11 is 0. The predicted molar refractivity (Wildman–Crippen MR) is 64.9 cm³/mol. The first-order chi connectivity index (χ1) is 8.68. The van der Waals surface area contributed by atoms with Gasteiger partial charge in [0.15, 0.2) is 23.1 Å². The minimum Gasteiger partial charge on any atom is -0.504 e. The second-order valence-corrected chi connectivity index (χ2v) is 4.81. The molecule has 0 aliphatic heterocycles. The molecule has 0 atom stereocenters. The molecule has 19 heavy (non-hydrogen) atoms. The van der Waals surface area contributed by atoms with Crippen molar-refractivity contribution in [3.63, 3.8) is 0 Å². The molecule has 0 saturated heterocycles. The number of halogens is 2. The Balaban J connectivity index is 3.69. The summed E-state index contributed by atoms with van der Waals surface area (Å²) in [5.74, 6) is -4.63. The van der Waals surface area contributed by atoms with Gasteiger partial charge in [-0.3, -0.25) is 0 Å². The fraction of sp³-hybridized carbons (Fsp3) is 0.462. The molecule has 0 aliphatic carbocycles. The van der Waals surface area contributed by atoms with Gasteiger partial charge in [-0.15, -0.1) is 0 Å².